The van der Waals surface area contributed by atoms with Crippen LogP contribution in [0.5, 0.6) is 0 Å². The van der Waals surface area contributed by atoms with Crippen LogP contribution in [0.1, 0.15) is 25.3 Å². The number of aromatic nitrogens is 3. The summed E-state index contributed by atoms with van der Waals surface area (Å²) < 4.78 is 8.08. The third-order valence-corrected chi connectivity index (χ3v) is 8.79. The Bertz CT molecular complexity index is 1140. The molecule has 0 amide bonds. The number of nitrogens with zero attached hydrogens (tertiary/aromatic N) is 4. The van der Waals surface area contributed by atoms with Gasteiger partial charge in [-0.25, -0.2) is 9.97 Å². The summed E-state index contributed by atoms with van der Waals surface area (Å²) in [5.74, 6) is 1.85. The zero-order valence-corrected chi connectivity index (χ0v) is 20.2. The van der Waals surface area contributed by atoms with Gasteiger partial charge in [-0.05, 0) is 44.4 Å². The van der Waals surface area contributed by atoms with Gasteiger partial charge in [0.05, 0.1) is 22.6 Å². The maximum atomic E-state index is 6.57. The Morgan fingerprint density at radius 1 is 1.28 bits per heavy atom. The first-order valence-electron chi connectivity index (χ1n) is 11.0. The standard InChI is InChI=1S/C23H29ClN6OS/c1-14-12-17(29-9-5-23(6-10-29)13-31-15(2)20(23)25)30-11-8-28-22(30)19(14)32-16-4-7-27-21(26-3)18(16)24/h4,7-8,11-12,15,20H,5-6,9-10,13,25H2,1-3H3,(H,26,27). The fraction of sp³-hybridized carbons (Fsp3) is 0.478. The first-order valence-corrected chi connectivity index (χ1v) is 12.2. The van der Waals surface area contributed by atoms with Crippen molar-refractivity contribution in [2.75, 3.05) is 37.0 Å². The minimum atomic E-state index is 0.109. The Balaban J connectivity index is 1.45. The number of imidazole rings is 1. The number of rotatable bonds is 4. The van der Waals surface area contributed by atoms with Gasteiger partial charge in [0.2, 0.25) is 0 Å². The van der Waals surface area contributed by atoms with Crippen molar-refractivity contribution in [1.29, 1.82) is 0 Å². The highest BCUT2D eigenvalue weighted by Gasteiger charge is 2.47. The van der Waals surface area contributed by atoms with Gasteiger partial charge >= 0.3 is 0 Å². The molecule has 3 aromatic rings. The van der Waals surface area contributed by atoms with Gasteiger partial charge in [0.25, 0.3) is 0 Å². The molecule has 0 aromatic carbocycles. The number of ether oxygens (including phenoxy) is 1. The van der Waals surface area contributed by atoms with Crippen LogP contribution in [0.2, 0.25) is 5.02 Å². The van der Waals surface area contributed by atoms with E-state index in [1.165, 1.54) is 11.4 Å². The van der Waals surface area contributed by atoms with Crippen LogP contribution in [-0.2, 0) is 4.74 Å². The average molecular weight is 473 g/mol. The van der Waals surface area contributed by atoms with E-state index in [4.69, 9.17) is 27.1 Å². The predicted molar refractivity (Wildman–Crippen MR) is 130 cm³/mol. The molecule has 2 fully saturated rings. The smallest absolute Gasteiger partial charge is 0.152 e. The van der Waals surface area contributed by atoms with E-state index in [-0.39, 0.29) is 17.6 Å². The zero-order chi connectivity index (χ0) is 22.5. The SMILES string of the molecule is CNc1nccc(Sc2c(C)cc(N3CCC4(CC3)COC(C)C4N)n3ccnc23)c1Cl. The lowest BCUT2D eigenvalue weighted by atomic mass is 9.73. The molecule has 2 atom stereocenters. The molecule has 2 unspecified atom stereocenters. The topological polar surface area (TPSA) is 80.7 Å². The molecule has 0 aliphatic carbocycles. The highest BCUT2D eigenvalue weighted by Crippen LogP contribution is 2.44. The second-order valence-corrected chi connectivity index (χ2v) is 10.3. The minimum Gasteiger partial charge on any atom is -0.376 e. The minimum absolute atomic E-state index is 0.109. The van der Waals surface area contributed by atoms with Crippen molar-refractivity contribution >= 4 is 40.6 Å². The summed E-state index contributed by atoms with van der Waals surface area (Å²) >= 11 is 8.20. The van der Waals surface area contributed by atoms with Crippen molar-refractivity contribution < 1.29 is 4.74 Å². The van der Waals surface area contributed by atoms with Crippen LogP contribution in [-0.4, -0.2) is 53.3 Å². The first-order chi connectivity index (χ1) is 15.4. The van der Waals surface area contributed by atoms with Crippen LogP contribution in [0, 0.1) is 12.3 Å². The van der Waals surface area contributed by atoms with E-state index >= 15 is 0 Å². The van der Waals surface area contributed by atoms with Gasteiger partial charge in [0.15, 0.2) is 5.65 Å². The van der Waals surface area contributed by atoms with Gasteiger partial charge in [0.1, 0.15) is 11.6 Å². The Morgan fingerprint density at radius 2 is 2.06 bits per heavy atom. The largest absolute Gasteiger partial charge is 0.376 e. The number of piperidine rings is 1. The summed E-state index contributed by atoms with van der Waals surface area (Å²) in [5, 5.41) is 3.67. The summed E-state index contributed by atoms with van der Waals surface area (Å²) in [5.41, 5.74) is 8.75. The van der Waals surface area contributed by atoms with E-state index in [1.807, 2.05) is 25.5 Å². The van der Waals surface area contributed by atoms with Crippen molar-refractivity contribution in [3.05, 3.63) is 41.3 Å². The second-order valence-electron chi connectivity index (χ2n) is 8.85. The number of anilines is 2. The van der Waals surface area contributed by atoms with Crippen LogP contribution in [0.3, 0.4) is 0 Å². The van der Waals surface area contributed by atoms with E-state index < -0.39 is 0 Å². The van der Waals surface area contributed by atoms with Crippen LogP contribution in [0.15, 0.2) is 40.5 Å². The molecule has 1 spiro atoms. The number of aryl methyl sites for hydroxylation is 1. The van der Waals surface area contributed by atoms with Crippen molar-refractivity contribution in [2.24, 2.45) is 11.1 Å². The van der Waals surface area contributed by atoms with E-state index in [0.717, 1.165) is 48.0 Å². The van der Waals surface area contributed by atoms with Gasteiger partial charge in [-0.2, -0.15) is 0 Å². The van der Waals surface area contributed by atoms with Crippen LogP contribution in [0.4, 0.5) is 11.6 Å². The Labute approximate surface area is 197 Å². The van der Waals surface area contributed by atoms with Crippen molar-refractivity contribution in [3.8, 4) is 0 Å². The summed E-state index contributed by atoms with van der Waals surface area (Å²) in [6.07, 6.45) is 7.91. The van der Waals surface area contributed by atoms with Crippen molar-refractivity contribution in [2.45, 2.75) is 48.6 Å². The van der Waals surface area contributed by atoms with E-state index in [2.05, 4.69) is 39.5 Å². The lowest BCUT2D eigenvalue weighted by Gasteiger charge is -2.42. The van der Waals surface area contributed by atoms with Gasteiger partial charge < -0.3 is 20.7 Å². The predicted octanol–water partition coefficient (Wildman–Crippen LogP) is 4.22. The number of pyridine rings is 2. The van der Waals surface area contributed by atoms with Gasteiger partial charge in [-0.3, -0.25) is 4.40 Å². The number of nitrogens with one attached hydrogen (secondary N) is 1. The summed E-state index contributed by atoms with van der Waals surface area (Å²) in [6, 6.07) is 4.32. The molecule has 3 N–H and O–H groups in total. The van der Waals surface area contributed by atoms with E-state index in [0.29, 0.717) is 10.8 Å². The third-order valence-electron chi connectivity index (χ3n) is 7.03. The number of hydrogen-bond acceptors (Lipinski definition) is 7. The van der Waals surface area contributed by atoms with Gasteiger partial charge in [-0.15, -0.1) is 0 Å². The fourth-order valence-corrected chi connectivity index (χ4v) is 6.29. The highest BCUT2D eigenvalue weighted by molar-refractivity contribution is 7.99. The molecule has 9 heteroatoms. The van der Waals surface area contributed by atoms with Crippen molar-refractivity contribution in [1.82, 2.24) is 14.4 Å². The molecule has 32 heavy (non-hydrogen) atoms. The normalized spacial score (nSPS) is 22.7. The summed E-state index contributed by atoms with van der Waals surface area (Å²) in [7, 11) is 1.82. The number of fused-ring (bicyclic) bond motifs is 1. The monoisotopic (exact) mass is 472 g/mol. The summed E-state index contributed by atoms with van der Waals surface area (Å²) in [4.78, 5) is 13.5. The molecule has 0 radical (unpaired) electrons. The van der Waals surface area contributed by atoms with Crippen LogP contribution in [0.25, 0.3) is 5.65 Å². The number of nitrogens with two attached hydrogens (primary N) is 1. The molecular formula is C23H29ClN6OS. The quantitative estimate of drug-likeness (QED) is 0.588. The van der Waals surface area contributed by atoms with Crippen molar-refractivity contribution in [3.63, 3.8) is 0 Å². The lowest BCUT2D eigenvalue weighted by Crippen LogP contribution is -2.50. The molecule has 2 saturated heterocycles. The lowest BCUT2D eigenvalue weighted by molar-refractivity contribution is 0.0974. The Morgan fingerprint density at radius 3 is 2.75 bits per heavy atom. The zero-order valence-electron chi connectivity index (χ0n) is 18.6. The average Bonchev–Trinajstić information content (AvgIpc) is 3.39. The Hall–Kier alpha value is -2.00. The maximum Gasteiger partial charge on any atom is 0.152 e. The molecule has 0 saturated carbocycles. The van der Waals surface area contributed by atoms with Gasteiger partial charge in [0, 0.05) is 55.1 Å². The van der Waals surface area contributed by atoms with Gasteiger partial charge in [-0.1, -0.05) is 23.4 Å². The number of halogens is 1. The molecule has 3 aromatic heterocycles. The van der Waals surface area contributed by atoms with E-state index in [1.54, 1.807) is 18.0 Å². The second kappa shape index (κ2) is 8.41. The third kappa shape index (κ3) is 3.53. The molecule has 170 valence electrons. The number of hydrogen-bond donors (Lipinski definition) is 2. The fourth-order valence-electron chi connectivity index (χ4n) is 4.97. The molecule has 2 aliphatic rings. The van der Waals surface area contributed by atoms with Crippen LogP contribution >= 0.6 is 23.4 Å². The molecule has 7 nitrogen and oxygen atoms in total. The van der Waals surface area contributed by atoms with E-state index in [9.17, 15) is 0 Å². The molecule has 5 rings (SSSR count). The maximum absolute atomic E-state index is 6.57. The summed E-state index contributed by atoms with van der Waals surface area (Å²) in [6.45, 7) is 6.94. The Kier molecular flexibility index (Phi) is 5.73. The van der Waals surface area contributed by atoms with Crippen LogP contribution < -0.4 is 16.0 Å². The first kappa shape index (κ1) is 21.8. The molecule has 0 bridgehead atoms. The molecule has 2 aliphatic heterocycles. The molecular weight excluding hydrogens is 444 g/mol. The highest BCUT2D eigenvalue weighted by atomic mass is 35.5. The molecule has 5 heterocycles.